The SMILES string of the molecule is CCCCCCOC(=O)c1c(F)ccc(C)c1F. The maximum Gasteiger partial charge on any atom is 0.344 e. The van der Waals surface area contributed by atoms with Gasteiger partial charge in [-0.15, -0.1) is 0 Å². The van der Waals surface area contributed by atoms with Gasteiger partial charge in [-0.3, -0.25) is 0 Å². The van der Waals surface area contributed by atoms with Crippen LogP contribution in [0.15, 0.2) is 12.1 Å². The Morgan fingerprint density at radius 1 is 1.22 bits per heavy atom. The number of carbonyl (C=O) groups is 1. The Kier molecular flexibility index (Phi) is 5.75. The van der Waals surface area contributed by atoms with Crippen LogP contribution in [0.4, 0.5) is 8.78 Å². The minimum Gasteiger partial charge on any atom is -0.462 e. The summed E-state index contributed by atoms with van der Waals surface area (Å²) in [4.78, 5) is 11.6. The lowest BCUT2D eigenvalue weighted by atomic mass is 10.1. The zero-order chi connectivity index (χ0) is 13.5. The van der Waals surface area contributed by atoms with Gasteiger partial charge in [0.25, 0.3) is 0 Å². The van der Waals surface area contributed by atoms with Gasteiger partial charge in [0.05, 0.1) is 6.61 Å². The molecule has 0 bridgehead atoms. The largest absolute Gasteiger partial charge is 0.462 e. The average Bonchev–Trinajstić information content (AvgIpc) is 2.34. The Labute approximate surface area is 106 Å². The van der Waals surface area contributed by atoms with Gasteiger partial charge in [-0.1, -0.05) is 32.3 Å². The third-order valence-corrected chi connectivity index (χ3v) is 2.72. The number of carbonyl (C=O) groups excluding carboxylic acids is 1. The number of halogens is 2. The molecular weight excluding hydrogens is 238 g/mol. The Balaban J connectivity index is 2.59. The standard InChI is InChI=1S/C14H18F2O2/c1-3-4-5-6-9-18-14(17)12-11(15)8-7-10(2)13(12)16/h7-8H,3-6,9H2,1-2H3. The van der Waals surface area contributed by atoms with Crippen molar-refractivity contribution in [2.45, 2.75) is 39.5 Å². The minimum absolute atomic E-state index is 0.200. The lowest BCUT2D eigenvalue weighted by Gasteiger charge is -2.07. The van der Waals surface area contributed by atoms with Crippen LogP contribution in [0.5, 0.6) is 0 Å². The van der Waals surface area contributed by atoms with Crippen molar-refractivity contribution in [3.63, 3.8) is 0 Å². The fourth-order valence-corrected chi connectivity index (χ4v) is 1.61. The molecule has 0 radical (unpaired) electrons. The summed E-state index contributed by atoms with van der Waals surface area (Å²) in [5.41, 5.74) is -0.361. The molecule has 0 spiro atoms. The lowest BCUT2D eigenvalue weighted by molar-refractivity contribution is 0.0486. The summed E-state index contributed by atoms with van der Waals surface area (Å²) in [6.45, 7) is 3.75. The van der Waals surface area contributed by atoms with Gasteiger partial charge in [-0.2, -0.15) is 0 Å². The van der Waals surface area contributed by atoms with E-state index in [1.807, 2.05) is 0 Å². The van der Waals surface area contributed by atoms with E-state index in [1.54, 1.807) is 0 Å². The molecule has 0 fully saturated rings. The molecule has 1 aromatic rings. The zero-order valence-electron chi connectivity index (χ0n) is 10.8. The lowest BCUT2D eigenvalue weighted by Crippen LogP contribution is -2.12. The summed E-state index contributed by atoms with van der Waals surface area (Å²) < 4.78 is 31.8. The quantitative estimate of drug-likeness (QED) is 0.568. The van der Waals surface area contributed by atoms with Gasteiger partial charge in [0.1, 0.15) is 17.2 Å². The van der Waals surface area contributed by atoms with Gasteiger partial charge in [-0.05, 0) is 25.0 Å². The average molecular weight is 256 g/mol. The second-order valence-electron chi connectivity index (χ2n) is 4.25. The molecule has 4 heteroatoms. The van der Waals surface area contributed by atoms with E-state index in [0.29, 0.717) is 6.42 Å². The van der Waals surface area contributed by atoms with E-state index in [-0.39, 0.29) is 12.2 Å². The van der Waals surface area contributed by atoms with Crippen LogP contribution >= 0.6 is 0 Å². The van der Waals surface area contributed by atoms with Crippen molar-refractivity contribution in [1.82, 2.24) is 0 Å². The number of benzene rings is 1. The number of rotatable bonds is 6. The first kappa shape index (κ1) is 14.6. The Hall–Kier alpha value is -1.45. The van der Waals surface area contributed by atoms with Gasteiger partial charge >= 0.3 is 5.97 Å². The zero-order valence-corrected chi connectivity index (χ0v) is 10.8. The number of esters is 1. The van der Waals surface area contributed by atoms with E-state index in [4.69, 9.17) is 4.74 Å². The summed E-state index contributed by atoms with van der Waals surface area (Å²) in [7, 11) is 0. The first-order chi connectivity index (χ1) is 8.57. The molecule has 0 aliphatic rings. The molecule has 0 unspecified atom stereocenters. The maximum absolute atomic E-state index is 13.6. The summed E-state index contributed by atoms with van der Waals surface area (Å²) in [5, 5.41) is 0. The van der Waals surface area contributed by atoms with Gasteiger partial charge in [0.2, 0.25) is 0 Å². The second-order valence-corrected chi connectivity index (χ2v) is 4.25. The highest BCUT2D eigenvalue weighted by Crippen LogP contribution is 2.17. The van der Waals surface area contributed by atoms with Crippen molar-refractivity contribution >= 4 is 5.97 Å². The highest BCUT2D eigenvalue weighted by Gasteiger charge is 2.20. The van der Waals surface area contributed by atoms with Crippen LogP contribution in [0.3, 0.4) is 0 Å². The Bertz CT molecular complexity index is 417. The summed E-state index contributed by atoms with van der Waals surface area (Å²) in [5.74, 6) is -2.64. The molecule has 18 heavy (non-hydrogen) atoms. The third-order valence-electron chi connectivity index (χ3n) is 2.72. The molecular formula is C14H18F2O2. The highest BCUT2D eigenvalue weighted by molar-refractivity contribution is 5.90. The normalized spacial score (nSPS) is 10.4. The monoisotopic (exact) mass is 256 g/mol. The smallest absolute Gasteiger partial charge is 0.344 e. The van der Waals surface area contributed by atoms with E-state index in [0.717, 1.165) is 25.3 Å². The predicted octanol–water partition coefficient (Wildman–Crippen LogP) is 4.01. The highest BCUT2D eigenvalue weighted by atomic mass is 19.1. The van der Waals surface area contributed by atoms with Crippen molar-refractivity contribution in [2.75, 3.05) is 6.61 Å². The topological polar surface area (TPSA) is 26.3 Å². The number of ether oxygens (including phenoxy) is 1. The molecule has 0 amide bonds. The van der Waals surface area contributed by atoms with Gasteiger partial charge in [0.15, 0.2) is 0 Å². The van der Waals surface area contributed by atoms with E-state index in [9.17, 15) is 13.6 Å². The van der Waals surface area contributed by atoms with Crippen molar-refractivity contribution < 1.29 is 18.3 Å². The van der Waals surface area contributed by atoms with E-state index >= 15 is 0 Å². The fraction of sp³-hybridized carbons (Fsp3) is 0.500. The first-order valence-corrected chi connectivity index (χ1v) is 6.19. The third kappa shape index (κ3) is 3.79. The molecule has 0 N–H and O–H groups in total. The molecule has 0 aromatic heterocycles. The van der Waals surface area contributed by atoms with Crippen molar-refractivity contribution in [3.05, 3.63) is 34.9 Å². The van der Waals surface area contributed by atoms with E-state index in [1.165, 1.54) is 13.0 Å². The molecule has 0 saturated heterocycles. The van der Waals surface area contributed by atoms with Crippen LogP contribution < -0.4 is 0 Å². The molecule has 1 rings (SSSR count). The van der Waals surface area contributed by atoms with Crippen LogP contribution in [0.1, 0.15) is 48.5 Å². The molecule has 0 heterocycles. The van der Waals surface area contributed by atoms with Crippen LogP contribution in [0.25, 0.3) is 0 Å². The molecule has 0 atom stereocenters. The molecule has 2 nitrogen and oxygen atoms in total. The van der Waals surface area contributed by atoms with Crippen molar-refractivity contribution in [2.24, 2.45) is 0 Å². The fourth-order valence-electron chi connectivity index (χ4n) is 1.61. The van der Waals surface area contributed by atoms with Gasteiger partial charge in [0, 0.05) is 0 Å². The van der Waals surface area contributed by atoms with Crippen LogP contribution in [-0.4, -0.2) is 12.6 Å². The summed E-state index contributed by atoms with van der Waals surface area (Å²) in [6.07, 6.45) is 3.80. The van der Waals surface area contributed by atoms with Crippen molar-refractivity contribution in [1.29, 1.82) is 0 Å². The molecule has 0 saturated carbocycles. The number of hydrogen-bond acceptors (Lipinski definition) is 2. The molecule has 100 valence electrons. The molecule has 0 aliphatic heterocycles. The summed E-state index contributed by atoms with van der Waals surface area (Å²) in [6, 6.07) is 2.37. The van der Waals surface area contributed by atoms with Gasteiger partial charge in [-0.25, -0.2) is 13.6 Å². The number of hydrogen-bond donors (Lipinski definition) is 0. The van der Waals surface area contributed by atoms with Crippen LogP contribution in [0.2, 0.25) is 0 Å². The van der Waals surface area contributed by atoms with Crippen LogP contribution in [-0.2, 0) is 4.74 Å². The Morgan fingerprint density at radius 2 is 1.94 bits per heavy atom. The summed E-state index contributed by atoms with van der Waals surface area (Å²) >= 11 is 0. The maximum atomic E-state index is 13.6. The van der Waals surface area contributed by atoms with Crippen LogP contribution in [0, 0.1) is 18.6 Å². The van der Waals surface area contributed by atoms with E-state index in [2.05, 4.69) is 6.92 Å². The second kappa shape index (κ2) is 7.09. The van der Waals surface area contributed by atoms with Crippen molar-refractivity contribution in [3.8, 4) is 0 Å². The van der Waals surface area contributed by atoms with E-state index < -0.39 is 23.2 Å². The number of aryl methyl sites for hydroxylation is 1. The minimum atomic E-state index is -0.926. The Morgan fingerprint density at radius 3 is 2.61 bits per heavy atom. The predicted molar refractivity (Wildman–Crippen MR) is 65.5 cm³/mol. The molecule has 1 aromatic carbocycles. The molecule has 0 aliphatic carbocycles. The van der Waals surface area contributed by atoms with Gasteiger partial charge < -0.3 is 4.74 Å². The first-order valence-electron chi connectivity index (χ1n) is 6.19. The number of unbranched alkanes of at least 4 members (excludes halogenated alkanes) is 3.